The number of thiophene rings is 1. The third-order valence-electron chi connectivity index (χ3n) is 2.95. The van der Waals surface area contributed by atoms with Crippen LogP contribution in [0.4, 0.5) is 5.82 Å². The fourth-order valence-electron chi connectivity index (χ4n) is 1.60. The average Bonchev–Trinajstić information content (AvgIpc) is 3.07. The maximum absolute atomic E-state index is 12.1. The first kappa shape index (κ1) is 16.7. The van der Waals surface area contributed by atoms with Gasteiger partial charge in [0.25, 0.3) is 5.91 Å². The second kappa shape index (κ2) is 6.59. The van der Waals surface area contributed by atoms with Crippen molar-refractivity contribution < 1.29 is 17.7 Å². The molecule has 2 heterocycles. The number of nitrogens with one attached hydrogen (secondary N) is 2. The molecule has 2 N–H and O–H groups in total. The minimum absolute atomic E-state index is 0.0827. The van der Waals surface area contributed by atoms with Crippen molar-refractivity contribution in [1.29, 1.82) is 0 Å². The van der Waals surface area contributed by atoms with Gasteiger partial charge in [-0.2, -0.15) is 0 Å². The molecule has 2 aromatic rings. The van der Waals surface area contributed by atoms with Crippen molar-refractivity contribution in [2.45, 2.75) is 38.1 Å². The molecule has 2 rings (SSSR count). The van der Waals surface area contributed by atoms with Gasteiger partial charge in [0.1, 0.15) is 5.76 Å². The molecule has 1 amide bonds. The number of hydrogen-bond donors (Lipinski definition) is 2. The number of carbonyl (C=O) groups excluding carboxylic acids is 1. The van der Waals surface area contributed by atoms with E-state index in [0.29, 0.717) is 12.2 Å². The van der Waals surface area contributed by atoms with Gasteiger partial charge in [-0.25, -0.2) is 13.1 Å². The molecule has 0 radical (unpaired) electrons. The van der Waals surface area contributed by atoms with Crippen LogP contribution in [0.25, 0.3) is 0 Å². The number of nitrogens with zero attached hydrogens (tertiary/aromatic N) is 1. The van der Waals surface area contributed by atoms with E-state index in [9.17, 15) is 13.2 Å². The zero-order valence-corrected chi connectivity index (χ0v) is 14.0. The zero-order valence-electron chi connectivity index (χ0n) is 12.4. The highest BCUT2D eigenvalue weighted by Crippen LogP contribution is 2.21. The van der Waals surface area contributed by atoms with Crippen LogP contribution in [0.3, 0.4) is 0 Å². The van der Waals surface area contributed by atoms with E-state index in [1.165, 1.54) is 11.4 Å². The minimum Gasteiger partial charge on any atom is -0.360 e. The molecule has 0 aliphatic carbocycles. The number of hydrogen-bond acceptors (Lipinski definition) is 6. The average molecular weight is 343 g/mol. The van der Waals surface area contributed by atoms with Gasteiger partial charge in [-0.05, 0) is 26.3 Å². The Hall–Kier alpha value is -1.71. The van der Waals surface area contributed by atoms with Crippen LogP contribution in [0.2, 0.25) is 0 Å². The highest BCUT2D eigenvalue weighted by molar-refractivity contribution is 7.89. The van der Waals surface area contributed by atoms with E-state index < -0.39 is 15.9 Å². The topological polar surface area (TPSA) is 101 Å². The summed E-state index contributed by atoms with van der Waals surface area (Å²) >= 11 is 1.06. The van der Waals surface area contributed by atoms with Crippen molar-refractivity contribution in [1.82, 2.24) is 9.88 Å². The molecule has 0 saturated heterocycles. The van der Waals surface area contributed by atoms with Gasteiger partial charge in [0.2, 0.25) is 10.0 Å². The molecule has 0 bridgehead atoms. The smallest absolute Gasteiger partial charge is 0.267 e. The number of aromatic nitrogens is 1. The molecule has 7 nitrogen and oxygen atoms in total. The van der Waals surface area contributed by atoms with Crippen molar-refractivity contribution >= 4 is 33.1 Å². The Morgan fingerprint density at radius 3 is 2.77 bits per heavy atom. The van der Waals surface area contributed by atoms with Gasteiger partial charge in [0, 0.05) is 17.5 Å². The Morgan fingerprint density at radius 2 is 2.18 bits per heavy atom. The standard InChI is InChI=1S/C13H17N3O4S2/c1-4-8(2)16-22(18,19)10-6-11(21-7-10)13(17)14-12-5-9(3)20-15-12/h5-8,16H,4H2,1-3H3,(H,14,15,17)/t8-/m1/s1. The van der Waals surface area contributed by atoms with Crippen molar-refractivity contribution in [2.24, 2.45) is 0 Å². The first-order valence-electron chi connectivity index (χ1n) is 6.67. The molecular weight excluding hydrogens is 326 g/mol. The fraction of sp³-hybridized carbons (Fsp3) is 0.385. The molecule has 2 aromatic heterocycles. The minimum atomic E-state index is -3.61. The second-order valence-corrected chi connectivity index (χ2v) is 7.48. The number of carbonyl (C=O) groups is 1. The predicted octanol–water partition coefficient (Wildman–Crippen LogP) is 2.37. The largest absolute Gasteiger partial charge is 0.360 e. The highest BCUT2D eigenvalue weighted by atomic mass is 32.2. The lowest BCUT2D eigenvalue weighted by molar-refractivity contribution is 0.102. The van der Waals surface area contributed by atoms with Gasteiger partial charge in [0.15, 0.2) is 5.82 Å². The number of rotatable bonds is 6. The first-order valence-corrected chi connectivity index (χ1v) is 9.03. The van der Waals surface area contributed by atoms with Crippen molar-refractivity contribution in [3.63, 3.8) is 0 Å². The summed E-state index contributed by atoms with van der Waals surface area (Å²) in [6.45, 7) is 5.38. The molecule has 9 heteroatoms. The zero-order chi connectivity index (χ0) is 16.3. The van der Waals surface area contributed by atoms with E-state index in [2.05, 4.69) is 15.2 Å². The molecule has 1 atom stereocenters. The fourth-order valence-corrected chi connectivity index (χ4v) is 4.09. The molecule has 0 aliphatic heterocycles. The lowest BCUT2D eigenvalue weighted by Gasteiger charge is -2.10. The molecule has 120 valence electrons. The van der Waals surface area contributed by atoms with E-state index in [0.717, 1.165) is 11.3 Å². The van der Waals surface area contributed by atoms with E-state index in [-0.39, 0.29) is 21.6 Å². The summed E-state index contributed by atoms with van der Waals surface area (Å²) in [5.41, 5.74) is 0. The quantitative estimate of drug-likeness (QED) is 0.838. The molecule has 0 fully saturated rings. The summed E-state index contributed by atoms with van der Waals surface area (Å²) in [4.78, 5) is 12.4. The molecule has 0 saturated carbocycles. The molecule has 0 spiro atoms. The van der Waals surface area contributed by atoms with Crippen molar-refractivity contribution in [3.05, 3.63) is 28.2 Å². The Bertz CT molecular complexity index is 764. The lowest BCUT2D eigenvalue weighted by atomic mass is 10.3. The third-order valence-corrected chi connectivity index (χ3v) is 5.59. The Morgan fingerprint density at radius 1 is 1.45 bits per heavy atom. The first-order chi connectivity index (χ1) is 10.3. The second-order valence-electron chi connectivity index (χ2n) is 4.85. The molecule has 0 unspecified atom stereocenters. The SMILES string of the molecule is CC[C@@H](C)NS(=O)(=O)c1csc(C(=O)Nc2cc(C)on2)c1. The van der Waals surface area contributed by atoms with Gasteiger partial charge in [0.05, 0.1) is 9.77 Å². The normalized spacial score (nSPS) is 13.0. The maximum Gasteiger partial charge on any atom is 0.267 e. The van der Waals surface area contributed by atoms with E-state index in [4.69, 9.17) is 4.52 Å². The summed E-state index contributed by atoms with van der Waals surface area (Å²) in [5, 5.41) is 7.64. The van der Waals surface area contributed by atoms with Crippen molar-refractivity contribution in [2.75, 3.05) is 5.32 Å². The summed E-state index contributed by atoms with van der Waals surface area (Å²) in [6.07, 6.45) is 0.683. The van der Waals surface area contributed by atoms with Gasteiger partial charge >= 0.3 is 0 Å². The van der Waals surface area contributed by atoms with Crippen LogP contribution in [-0.4, -0.2) is 25.5 Å². The Labute approximate surface area is 132 Å². The molecule has 0 aromatic carbocycles. The van der Waals surface area contributed by atoms with Gasteiger partial charge in [-0.15, -0.1) is 11.3 Å². The third kappa shape index (κ3) is 3.93. The molecule has 22 heavy (non-hydrogen) atoms. The van der Waals surface area contributed by atoms with Crippen LogP contribution < -0.4 is 10.0 Å². The summed E-state index contributed by atoms with van der Waals surface area (Å²) in [6, 6.07) is 2.76. The number of sulfonamides is 1. The Balaban J connectivity index is 2.12. The number of aryl methyl sites for hydroxylation is 1. The van der Waals surface area contributed by atoms with E-state index in [1.807, 2.05) is 6.92 Å². The number of amides is 1. The molecular formula is C13H17N3O4S2. The van der Waals surface area contributed by atoms with Crippen LogP contribution in [0.15, 0.2) is 26.9 Å². The van der Waals surface area contributed by atoms with Crippen LogP contribution >= 0.6 is 11.3 Å². The van der Waals surface area contributed by atoms with Crippen LogP contribution in [0, 0.1) is 6.92 Å². The molecule has 0 aliphatic rings. The monoisotopic (exact) mass is 343 g/mol. The van der Waals surface area contributed by atoms with Gasteiger partial charge in [-0.3, -0.25) is 4.79 Å². The Kier molecular flexibility index (Phi) is 4.99. The van der Waals surface area contributed by atoms with Crippen LogP contribution in [-0.2, 0) is 10.0 Å². The van der Waals surface area contributed by atoms with E-state index >= 15 is 0 Å². The highest BCUT2D eigenvalue weighted by Gasteiger charge is 2.20. The van der Waals surface area contributed by atoms with Gasteiger partial charge < -0.3 is 9.84 Å². The predicted molar refractivity (Wildman–Crippen MR) is 83.6 cm³/mol. The van der Waals surface area contributed by atoms with Gasteiger partial charge in [-0.1, -0.05) is 12.1 Å². The summed E-state index contributed by atoms with van der Waals surface area (Å²) in [7, 11) is -3.61. The summed E-state index contributed by atoms with van der Waals surface area (Å²) < 4.78 is 31.7. The summed E-state index contributed by atoms with van der Waals surface area (Å²) in [5.74, 6) is 0.434. The van der Waals surface area contributed by atoms with Crippen LogP contribution in [0.1, 0.15) is 35.7 Å². The van der Waals surface area contributed by atoms with Crippen molar-refractivity contribution in [3.8, 4) is 0 Å². The number of anilines is 1. The maximum atomic E-state index is 12.1. The van der Waals surface area contributed by atoms with E-state index in [1.54, 1.807) is 19.9 Å². The lowest BCUT2D eigenvalue weighted by Crippen LogP contribution is -2.31. The van der Waals surface area contributed by atoms with Crippen LogP contribution in [0.5, 0.6) is 0 Å².